The van der Waals surface area contributed by atoms with Gasteiger partial charge in [-0.2, -0.15) is 4.98 Å². The fourth-order valence-corrected chi connectivity index (χ4v) is 2.11. The van der Waals surface area contributed by atoms with Gasteiger partial charge in [0.15, 0.2) is 11.5 Å². The van der Waals surface area contributed by atoms with Crippen LogP contribution in [0.15, 0.2) is 41.1 Å². The Morgan fingerprint density at radius 1 is 1.24 bits per heavy atom. The van der Waals surface area contributed by atoms with Crippen molar-refractivity contribution in [2.45, 2.75) is 6.42 Å². The Bertz CT molecular complexity index is 770. The molecule has 0 aliphatic carbocycles. The monoisotopic (exact) mass is 304 g/mol. The van der Waals surface area contributed by atoms with Crippen molar-refractivity contribution in [1.29, 1.82) is 0 Å². The lowest BCUT2D eigenvalue weighted by Gasteiger charge is -2.01. The summed E-state index contributed by atoms with van der Waals surface area (Å²) < 4.78 is 18.8. The normalized spacial score (nSPS) is 10.8. The third-order valence-corrected chi connectivity index (χ3v) is 3.26. The third-order valence-electron chi connectivity index (χ3n) is 2.91. The van der Waals surface area contributed by atoms with Crippen LogP contribution in [-0.4, -0.2) is 15.1 Å². The molecule has 21 heavy (non-hydrogen) atoms. The van der Waals surface area contributed by atoms with Gasteiger partial charge in [0, 0.05) is 23.2 Å². The summed E-state index contributed by atoms with van der Waals surface area (Å²) in [4.78, 5) is 8.26. The Balaban J connectivity index is 1.91. The average molecular weight is 305 g/mol. The molecule has 1 aromatic carbocycles. The standard InChI is InChI=1S/C14H10ClFN4O/c15-9-3-1-4-10(16)8(9)7-12-19-14(21-20-12)13-11(17)5-2-6-18-13/h1-6H,7,17H2. The van der Waals surface area contributed by atoms with Crippen LogP contribution >= 0.6 is 11.6 Å². The van der Waals surface area contributed by atoms with Crippen LogP contribution in [-0.2, 0) is 6.42 Å². The van der Waals surface area contributed by atoms with Gasteiger partial charge in [-0.05, 0) is 24.3 Å². The van der Waals surface area contributed by atoms with Crippen molar-refractivity contribution in [3.63, 3.8) is 0 Å². The summed E-state index contributed by atoms with van der Waals surface area (Å²) >= 11 is 5.97. The van der Waals surface area contributed by atoms with E-state index in [0.717, 1.165) is 0 Å². The maximum atomic E-state index is 13.7. The molecule has 2 heterocycles. The minimum absolute atomic E-state index is 0.127. The second-order valence-electron chi connectivity index (χ2n) is 4.33. The van der Waals surface area contributed by atoms with Gasteiger partial charge < -0.3 is 10.3 Å². The number of halogens is 2. The van der Waals surface area contributed by atoms with Crippen LogP contribution < -0.4 is 5.73 Å². The van der Waals surface area contributed by atoms with Crippen LogP contribution in [0.3, 0.4) is 0 Å². The molecule has 0 atom stereocenters. The van der Waals surface area contributed by atoms with Crippen molar-refractivity contribution in [1.82, 2.24) is 15.1 Å². The molecule has 7 heteroatoms. The molecule has 0 saturated carbocycles. The predicted octanol–water partition coefficient (Wildman–Crippen LogP) is 3.10. The van der Waals surface area contributed by atoms with E-state index in [-0.39, 0.29) is 12.3 Å². The number of rotatable bonds is 3. The fourth-order valence-electron chi connectivity index (χ4n) is 1.88. The molecule has 5 nitrogen and oxygen atoms in total. The number of nitrogens with zero attached hydrogens (tertiary/aromatic N) is 3. The van der Waals surface area contributed by atoms with Crippen molar-refractivity contribution in [3.05, 3.63) is 58.8 Å². The van der Waals surface area contributed by atoms with E-state index in [9.17, 15) is 4.39 Å². The van der Waals surface area contributed by atoms with Gasteiger partial charge in [-0.25, -0.2) is 9.37 Å². The van der Waals surface area contributed by atoms with Crippen molar-refractivity contribution < 1.29 is 8.91 Å². The zero-order valence-electron chi connectivity index (χ0n) is 10.8. The van der Waals surface area contributed by atoms with Gasteiger partial charge in [-0.3, -0.25) is 0 Å². The highest BCUT2D eigenvalue weighted by atomic mass is 35.5. The van der Waals surface area contributed by atoms with Crippen LogP contribution in [0.5, 0.6) is 0 Å². The molecular formula is C14H10ClFN4O. The van der Waals surface area contributed by atoms with Crippen molar-refractivity contribution >= 4 is 17.3 Å². The lowest BCUT2D eigenvalue weighted by molar-refractivity contribution is 0.422. The second kappa shape index (κ2) is 5.49. The number of hydrogen-bond donors (Lipinski definition) is 1. The van der Waals surface area contributed by atoms with Crippen LogP contribution in [0.4, 0.5) is 10.1 Å². The Morgan fingerprint density at radius 3 is 2.86 bits per heavy atom. The SMILES string of the molecule is Nc1cccnc1-c1nc(Cc2c(F)cccc2Cl)no1. The molecule has 2 N–H and O–H groups in total. The van der Waals surface area contributed by atoms with E-state index in [4.69, 9.17) is 21.9 Å². The highest BCUT2D eigenvalue weighted by Crippen LogP contribution is 2.24. The molecule has 0 aliphatic rings. The van der Waals surface area contributed by atoms with Crippen molar-refractivity contribution in [3.8, 4) is 11.6 Å². The Hall–Kier alpha value is -2.47. The molecule has 106 valence electrons. The average Bonchev–Trinajstić information content (AvgIpc) is 2.92. The highest BCUT2D eigenvalue weighted by molar-refractivity contribution is 6.31. The van der Waals surface area contributed by atoms with E-state index >= 15 is 0 Å². The van der Waals surface area contributed by atoms with E-state index in [1.807, 2.05) is 0 Å². The highest BCUT2D eigenvalue weighted by Gasteiger charge is 2.15. The molecule has 0 fully saturated rings. The molecule has 3 aromatic rings. The Morgan fingerprint density at radius 2 is 2.10 bits per heavy atom. The summed E-state index contributed by atoms with van der Waals surface area (Å²) in [6, 6.07) is 7.86. The molecule has 0 saturated heterocycles. The molecule has 0 bridgehead atoms. The van der Waals surface area contributed by atoms with Gasteiger partial charge in [-0.15, -0.1) is 0 Å². The minimum atomic E-state index is -0.411. The minimum Gasteiger partial charge on any atom is -0.397 e. The van der Waals surface area contributed by atoms with E-state index in [2.05, 4.69) is 15.1 Å². The van der Waals surface area contributed by atoms with Gasteiger partial charge in [0.25, 0.3) is 5.89 Å². The first-order valence-electron chi connectivity index (χ1n) is 6.11. The molecule has 0 radical (unpaired) electrons. The molecule has 0 unspecified atom stereocenters. The maximum absolute atomic E-state index is 13.7. The quantitative estimate of drug-likeness (QED) is 0.804. The molecular weight excluding hydrogens is 295 g/mol. The third kappa shape index (κ3) is 2.71. The van der Waals surface area contributed by atoms with Crippen LogP contribution in [0.25, 0.3) is 11.6 Å². The van der Waals surface area contributed by atoms with Crippen LogP contribution in [0.1, 0.15) is 11.4 Å². The summed E-state index contributed by atoms with van der Waals surface area (Å²) in [7, 11) is 0. The van der Waals surface area contributed by atoms with Gasteiger partial charge in [0.05, 0.1) is 5.69 Å². The van der Waals surface area contributed by atoms with E-state index < -0.39 is 5.82 Å². The van der Waals surface area contributed by atoms with E-state index in [1.165, 1.54) is 12.1 Å². The number of nitrogen functional groups attached to an aromatic ring is 1. The van der Waals surface area contributed by atoms with Gasteiger partial charge in [-0.1, -0.05) is 22.8 Å². The molecule has 3 rings (SSSR count). The molecule has 0 amide bonds. The zero-order chi connectivity index (χ0) is 14.8. The van der Waals surface area contributed by atoms with Crippen LogP contribution in [0, 0.1) is 5.82 Å². The number of hydrogen-bond acceptors (Lipinski definition) is 5. The number of pyridine rings is 1. The first kappa shape index (κ1) is 13.5. The smallest absolute Gasteiger partial charge is 0.278 e. The summed E-state index contributed by atoms with van der Waals surface area (Å²) in [6.07, 6.45) is 1.70. The zero-order valence-corrected chi connectivity index (χ0v) is 11.5. The first-order valence-corrected chi connectivity index (χ1v) is 6.49. The summed E-state index contributed by atoms with van der Waals surface area (Å²) in [5.41, 5.74) is 6.94. The van der Waals surface area contributed by atoms with E-state index in [0.29, 0.717) is 27.8 Å². The lowest BCUT2D eigenvalue weighted by Crippen LogP contribution is -1.96. The largest absolute Gasteiger partial charge is 0.397 e. The first-order chi connectivity index (χ1) is 10.1. The number of aromatic nitrogens is 3. The van der Waals surface area contributed by atoms with Crippen molar-refractivity contribution in [2.24, 2.45) is 0 Å². The fraction of sp³-hybridized carbons (Fsp3) is 0.0714. The summed E-state index contributed by atoms with van der Waals surface area (Å²) in [5, 5.41) is 4.12. The van der Waals surface area contributed by atoms with Gasteiger partial charge in [0.2, 0.25) is 0 Å². The number of benzene rings is 1. The molecule has 0 spiro atoms. The molecule has 2 aromatic heterocycles. The van der Waals surface area contributed by atoms with Gasteiger partial charge in [0.1, 0.15) is 5.82 Å². The summed E-state index contributed by atoms with van der Waals surface area (Å²) in [6.45, 7) is 0. The predicted molar refractivity (Wildman–Crippen MR) is 76.2 cm³/mol. The summed E-state index contributed by atoms with van der Waals surface area (Å²) in [5.74, 6) is 0.0869. The van der Waals surface area contributed by atoms with Gasteiger partial charge >= 0.3 is 0 Å². The Labute approximate surface area is 124 Å². The second-order valence-corrected chi connectivity index (χ2v) is 4.74. The maximum Gasteiger partial charge on any atom is 0.278 e. The topological polar surface area (TPSA) is 77.8 Å². The molecule has 0 aliphatic heterocycles. The van der Waals surface area contributed by atoms with E-state index in [1.54, 1.807) is 24.4 Å². The van der Waals surface area contributed by atoms with Crippen molar-refractivity contribution in [2.75, 3.05) is 5.73 Å². The Kier molecular flexibility index (Phi) is 3.53. The number of nitrogens with two attached hydrogens (primary N) is 1. The number of anilines is 1. The van der Waals surface area contributed by atoms with Crippen LogP contribution in [0.2, 0.25) is 5.02 Å². The lowest BCUT2D eigenvalue weighted by atomic mass is 10.1.